The predicted molar refractivity (Wildman–Crippen MR) is 122 cm³/mol. The van der Waals surface area contributed by atoms with Crippen molar-refractivity contribution >= 4 is 17.8 Å². The molecule has 0 aromatic heterocycles. The van der Waals surface area contributed by atoms with Gasteiger partial charge in [0.1, 0.15) is 6.61 Å². The predicted octanol–water partition coefficient (Wildman–Crippen LogP) is 4.96. The van der Waals surface area contributed by atoms with Crippen LogP contribution in [0.5, 0.6) is 11.5 Å². The molecule has 0 aliphatic rings. The normalized spacial score (nSPS) is 10.6. The van der Waals surface area contributed by atoms with Crippen LogP contribution >= 0.6 is 0 Å². The molecule has 0 bridgehead atoms. The summed E-state index contributed by atoms with van der Waals surface area (Å²) in [6, 6.07) is 23.0. The van der Waals surface area contributed by atoms with E-state index >= 15 is 0 Å². The SMILES string of the molecule is CCOc1cc(/C=N/OCC(=O)Nc2ccc(C)cc2)ccc1OCc1ccccc1. The third-order valence-corrected chi connectivity index (χ3v) is 4.31. The average Bonchev–Trinajstić information content (AvgIpc) is 2.79. The summed E-state index contributed by atoms with van der Waals surface area (Å²) < 4.78 is 11.6. The number of amides is 1. The van der Waals surface area contributed by atoms with E-state index < -0.39 is 0 Å². The second-order valence-electron chi connectivity index (χ2n) is 6.84. The maximum absolute atomic E-state index is 11.9. The molecule has 3 rings (SSSR count). The van der Waals surface area contributed by atoms with Gasteiger partial charge in [-0.1, -0.05) is 53.2 Å². The minimum absolute atomic E-state index is 0.180. The van der Waals surface area contributed by atoms with Crippen LogP contribution in [0.1, 0.15) is 23.6 Å². The van der Waals surface area contributed by atoms with Gasteiger partial charge in [0, 0.05) is 11.3 Å². The highest BCUT2D eigenvalue weighted by Crippen LogP contribution is 2.29. The molecular weight excluding hydrogens is 392 g/mol. The monoisotopic (exact) mass is 418 g/mol. The summed E-state index contributed by atoms with van der Waals surface area (Å²) in [4.78, 5) is 17.1. The summed E-state index contributed by atoms with van der Waals surface area (Å²) in [5.41, 5.74) is 3.69. The van der Waals surface area contributed by atoms with Crippen molar-refractivity contribution in [3.63, 3.8) is 0 Å². The number of ether oxygens (including phenoxy) is 2. The van der Waals surface area contributed by atoms with Crippen molar-refractivity contribution in [2.75, 3.05) is 18.5 Å². The Hall–Kier alpha value is -3.80. The molecule has 0 aliphatic carbocycles. The van der Waals surface area contributed by atoms with Gasteiger partial charge in [-0.05, 0) is 49.7 Å². The maximum atomic E-state index is 11.9. The molecule has 0 atom stereocenters. The van der Waals surface area contributed by atoms with E-state index in [4.69, 9.17) is 14.3 Å². The first-order valence-corrected chi connectivity index (χ1v) is 10.1. The summed E-state index contributed by atoms with van der Waals surface area (Å²) in [5, 5.41) is 6.63. The summed E-state index contributed by atoms with van der Waals surface area (Å²) in [5.74, 6) is 1.00. The summed E-state index contributed by atoms with van der Waals surface area (Å²) >= 11 is 0. The van der Waals surface area contributed by atoms with Crippen LogP contribution in [0.2, 0.25) is 0 Å². The molecule has 0 heterocycles. The smallest absolute Gasteiger partial charge is 0.265 e. The van der Waals surface area contributed by atoms with Crippen LogP contribution in [0.4, 0.5) is 5.69 Å². The van der Waals surface area contributed by atoms with E-state index in [2.05, 4.69) is 10.5 Å². The van der Waals surface area contributed by atoms with Gasteiger partial charge in [0.05, 0.1) is 12.8 Å². The Labute approximate surface area is 182 Å². The first kappa shape index (κ1) is 21.9. The van der Waals surface area contributed by atoms with Gasteiger partial charge in [-0.2, -0.15) is 0 Å². The lowest BCUT2D eigenvalue weighted by Crippen LogP contribution is -2.16. The lowest BCUT2D eigenvalue weighted by Gasteiger charge is -2.12. The summed E-state index contributed by atoms with van der Waals surface area (Å²) in [6.45, 7) is 4.69. The molecule has 0 spiro atoms. The number of hydrogen-bond acceptors (Lipinski definition) is 5. The number of nitrogens with one attached hydrogen (secondary N) is 1. The van der Waals surface area contributed by atoms with E-state index in [1.165, 1.54) is 6.21 Å². The quantitative estimate of drug-likeness (QED) is 0.373. The lowest BCUT2D eigenvalue weighted by atomic mass is 10.2. The highest BCUT2D eigenvalue weighted by Gasteiger charge is 2.07. The zero-order chi connectivity index (χ0) is 21.9. The van der Waals surface area contributed by atoms with Crippen molar-refractivity contribution in [1.82, 2.24) is 0 Å². The number of rotatable bonds is 10. The number of aryl methyl sites for hydroxylation is 1. The van der Waals surface area contributed by atoms with Gasteiger partial charge in [-0.3, -0.25) is 4.79 Å². The largest absolute Gasteiger partial charge is 0.490 e. The molecule has 31 heavy (non-hydrogen) atoms. The number of carbonyl (C=O) groups excluding carboxylic acids is 1. The molecule has 3 aromatic carbocycles. The second kappa shape index (κ2) is 11.4. The lowest BCUT2D eigenvalue weighted by molar-refractivity contribution is -0.120. The Morgan fingerprint density at radius 2 is 1.74 bits per heavy atom. The van der Waals surface area contributed by atoms with Gasteiger partial charge in [0.2, 0.25) is 0 Å². The zero-order valence-corrected chi connectivity index (χ0v) is 17.7. The fourth-order valence-electron chi connectivity index (χ4n) is 2.76. The number of oxime groups is 1. The van der Waals surface area contributed by atoms with Gasteiger partial charge in [0.15, 0.2) is 18.1 Å². The first-order chi connectivity index (χ1) is 15.1. The molecule has 1 N–H and O–H groups in total. The standard InChI is InChI=1S/C25H26N2O4/c1-3-29-24-15-21(11-14-23(24)30-17-20-7-5-4-6-8-20)16-26-31-18-25(28)27-22-12-9-19(2)10-13-22/h4-16H,3,17-18H2,1-2H3,(H,27,28)/b26-16+. The molecule has 6 heteroatoms. The van der Waals surface area contributed by atoms with Crippen molar-refractivity contribution in [3.8, 4) is 11.5 Å². The van der Waals surface area contributed by atoms with E-state index in [9.17, 15) is 4.79 Å². The number of anilines is 1. The van der Waals surface area contributed by atoms with Gasteiger partial charge in [-0.15, -0.1) is 0 Å². The zero-order valence-electron chi connectivity index (χ0n) is 17.7. The van der Waals surface area contributed by atoms with E-state index in [-0.39, 0.29) is 12.5 Å². The summed E-state index contributed by atoms with van der Waals surface area (Å²) in [7, 11) is 0. The fourth-order valence-corrected chi connectivity index (χ4v) is 2.76. The maximum Gasteiger partial charge on any atom is 0.265 e. The number of carbonyl (C=O) groups is 1. The first-order valence-electron chi connectivity index (χ1n) is 10.1. The Bertz CT molecular complexity index is 1000. The van der Waals surface area contributed by atoms with Gasteiger partial charge >= 0.3 is 0 Å². The van der Waals surface area contributed by atoms with Crippen molar-refractivity contribution in [3.05, 3.63) is 89.5 Å². The van der Waals surface area contributed by atoms with Crippen LogP contribution in [0.3, 0.4) is 0 Å². The van der Waals surface area contributed by atoms with Crippen LogP contribution < -0.4 is 14.8 Å². The molecule has 0 saturated carbocycles. The van der Waals surface area contributed by atoms with Gasteiger partial charge < -0.3 is 19.6 Å². The van der Waals surface area contributed by atoms with Crippen LogP contribution in [-0.4, -0.2) is 25.3 Å². The van der Waals surface area contributed by atoms with Crippen LogP contribution in [-0.2, 0) is 16.2 Å². The Kier molecular flexibility index (Phi) is 8.05. The molecule has 3 aromatic rings. The van der Waals surface area contributed by atoms with Crippen molar-refractivity contribution in [2.24, 2.45) is 5.16 Å². The highest BCUT2D eigenvalue weighted by molar-refractivity contribution is 5.91. The molecule has 6 nitrogen and oxygen atoms in total. The van der Waals surface area contributed by atoms with Crippen molar-refractivity contribution in [1.29, 1.82) is 0 Å². The molecule has 0 unspecified atom stereocenters. The van der Waals surface area contributed by atoms with Crippen LogP contribution in [0.25, 0.3) is 0 Å². The van der Waals surface area contributed by atoms with E-state index in [0.29, 0.717) is 24.7 Å². The van der Waals surface area contributed by atoms with E-state index in [0.717, 1.165) is 22.4 Å². The minimum atomic E-state index is -0.277. The molecule has 0 fully saturated rings. The van der Waals surface area contributed by atoms with Crippen molar-refractivity contribution < 1.29 is 19.1 Å². The highest BCUT2D eigenvalue weighted by atomic mass is 16.6. The van der Waals surface area contributed by atoms with Crippen LogP contribution in [0.15, 0.2) is 78.0 Å². The van der Waals surface area contributed by atoms with E-state index in [1.54, 1.807) is 0 Å². The average molecular weight is 418 g/mol. The Balaban J connectivity index is 1.52. The fraction of sp³-hybridized carbons (Fsp3) is 0.200. The number of nitrogens with zero attached hydrogens (tertiary/aromatic N) is 1. The molecule has 160 valence electrons. The van der Waals surface area contributed by atoms with Crippen molar-refractivity contribution in [2.45, 2.75) is 20.5 Å². The molecule has 0 aliphatic heterocycles. The summed E-state index contributed by atoms with van der Waals surface area (Å²) in [6.07, 6.45) is 1.53. The Morgan fingerprint density at radius 1 is 0.968 bits per heavy atom. The topological polar surface area (TPSA) is 69.2 Å². The van der Waals surface area contributed by atoms with Gasteiger partial charge in [0.25, 0.3) is 5.91 Å². The van der Waals surface area contributed by atoms with E-state index in [1.807, 2.05) is 86.6 Å². The molecule has 1 amide bonds. The number of benzene rings is 3. The minimum Gasteiger partial charge on any atom is -0.490 e. The third kappa shape index (κ3) is 7.19. The second-order valence-corrected chi connectivity index (χ2v) is 6.84. The molecular formula is C25H26N2O4. The van der Waals surface area contributed by atoms with Crippen LogP contribution in [0, 0.1) is 6.92 Å². The molecule has 0 saturated heterocycles. The Morgan fingerprint density at radius 3 is 2.48 bits per heavy atom. The number of hydrogen-bond donors (Lipinski definition) is 1. The molecule has 0 radical (unpaired) electrons. The third-order valence-electron chi connectivity index (χ3n) is 4.31. The van der Waals surface area contributed by atoms with Gasteiger partial charge in [-0.25, -0.2) is 0 Å².